The number of hydrogen-bond donors (Lipinski definition) is 0. The van der Waals surface area contributed by atoms with Crippen LogP contribution in [0.1, 0.15) is 12.5 Å². The molecule has 0 bridgehead atoms. The van der Waals surface area contributed by atoms with Gasteiger partial charge in [-0.3, -0.25) is 4.90 Å². The van der Waals surface area contributed by atoms with Crippen molar-refractivity contribution < 1.29 is 13.9 Å². The fourth-order valence-electron chi connectivity index (χ4n) is 2.79. The van der Waals surface area contributed by atoms with Gasteiger partial charge in [-0.15, -0.1) is 5.10 Å². The molecular weight excluding hydrogens is 340 g/mol. The molecule has 1 aliphatic heterocycles. The maximum atomic E-state index is 11.7. The highest BCUT2D eigenvalue weighted by Gasteiger charge is 2.22. The average molecular weight is 362 g/mol. The summed E-state index contributed by atoms with van der Waals surface area (Å²) in [5.41, 5.74) is 2.04. The molecule has 0 aliphatic carbocycles. The smallest absolute Gasteiger partial charge is 0.409 e. The molecule has 0 spiro atoms. The van der Waals surface area contributed by atoms with Crippen LogP contribution in [0.15, 0.2) is 28.7 Å². The summed E-state index contributed by atoms with van der Waals surface area (Å²) in [4.78, 5) is 16.0. The van der Waals surface area contributed by atoms with Crippen molar-refractivity contribution in [1.82, 2.24) is 19.6 Å². The number of aryl methyl sites for hydroxylation is 1. The molecule has 2 aromatic rings. The van der Waals surface area contributed by atoms with Gasteiger partial charge in [0.2, 0.25) is 5.89 Å². The number of piperazine rings is 1. The molecule has 0 N–H and O–H groups in total. The van der Waals surface area contributed by atoms with Crippen LogP contribution in [0.5, 0.6) is 0 Å². The van der Waals surface area contributed by atoms with Gasteiger partial charge in [0.1, 0.15) is 0 Å². The number of carbonyl (C=O) groups is 1. The third-order valence-electron chi connectivity index (χ3n) is 4.21. The predicted octanol–water partition coefficient (Wildman–Crippen LogP) is 2.91. The van der Waals surface area contributed by atoms with Crippen molar-refractivity contribution >= 4 is 18.3 Å². The van der Waals surface area contributed by atoms with Gasteiger partial charge in [0.05, 0.1) is 13.3 Å². The van der Waals surface area contributed by atoms with Crippen molar-refractivity contribution in [3.8, 4) is 11.5 Å². The Morgan fingerprint density at radius 3 is 2.68 bits per heavy atom. The van der Waals surface area contributed by atoms with Gasteiger partial charge in [0, 0.05) is 31.7 Å². The Hall–Kier alpha value is -2.19. The van der Waals surface area contributed by atoms with Crippen LogP contribution in [0, 0.1) is 11.8 Å². The van der Waals surface area contributed by atoms with E-state index in [4.69, 9.17) is 21.4 Å². The van der Waals surface area contributed by atoms with Gasteiger partial charge >= 0.3 is 6.09 Å². The Bertz CT molecular complexity index is 793. The summed E-state index contributed by atoms with van der Waals surface area (Å²) in [6, 6.07) is 7.92. The molecule has 1 amide bonds. The summed E-state index contributed by atoms with van der Waals surface area (Å²) < 4.78 is 12.4. The second-order valence-electron chi connectivity index (χ2n) is 5.93. The highest BCUT2D eigenvalue weighted by molar-refractivity contribution is 7.71. The van der Waals surface area contributed by atoms with E-state index in [2.05, 4.69) is 10.00 Å². The minimum absolute atomic E-state index is 0.248. The zero-order valence-electron chi connectivity index (χ0n) is 14.5. The molecule has 0 saturated carbocycles. The fourth-order valence-corrected chi connectivity index (χ4v) is 2.97. The first-order chi connectivity index (χ1) is 12.1. The zero-order valence-corrected chi connectivity index (χ0v) is 15.3. The Balaban J connectivity index is 1.64. The van der Waals surface area contributed by atoms with Crippen LogP contribution in [0.25, 0.3) is 11.5 Å². The van der Waals surface area contributed by atoms with Gasteiger partial charge in [-0.25, -0.2) is 9.48 Å². The van der Waals surface area contributed by atoms with Crippen molar-refractivity contribution in [2.45, 2.75) is 20.5 Å². The van der Waals surface area contributed by atoms with E-state index in [0.29, 0.717) is 37.1 Å². The van der Waals surface area contributed by atoms with Crippen LogP contribution in [-0.2, 0) is 11.4 Å². The quantitative estimate of drug-likeness (QED) is 0.780. The second kappa shape index (κ2) is 7.79. The zero-order chi connectivity index (χ0) is 17.8. The third-order valence-corrected chi connectivity index (χ3v) is 4.51. The summed E-state index contributed by atoms with van der Waals surface area (Å²) in [6.45, 7) is 7.53. The summed E-state index contributed by atoms with van der Waals surface area (Å²) >= 11 is 5.31. The van der Waals surface area contributed by atoms with Gasteiger partial charge in [-0.05, 0) is 37.7 Å². The first kappa shape index (κ1) is 17.6. The number of hydrogen-bond acceptors (Lipinski definition) is 6. The number of amides is 1. The standard InChI is InChI=1S/C17H22N4O3S/c1-3-23-16(22)20-10-8-19(9-11-20)12-21-17(25)24-15(18-21)14-7-5-4-6-13(14)2/h4-7H,3,8-12H2,1-2H3. The largest absolute Gasteiger partial charge is 0.450 e. The lowest BCUT2D eigenvalue weighted by Gasteiger charge is -2.33. The Kier molecular flexibility index (Phi) is 5.50. The molecule has 0 radical (unpaired) electrons. The van der Waals surface area contributed by atoms with Crippen LogP contribution < -0.4 is 0 Å². The maximum Gasteiger partial charge on any atom is 0.409 e. The third kappa shape index (κ3) is 4.08. The number of benzene rings is 1. The molecular formula is C17H22N4O3S. The first-order valence-corrected chi connectivity index (χ1v) is 8.77. The summed E-state index contributed by atoms with van der Waals surface area (Å²) in [7, 11) is 0. The maximum absolute atomic E-state index is 11.7. The van der Waals surface area contributed by atoms with Gasteiger partial charge < -0.3 is 14.1 Å². The van der Waals surface area contributed by atoms with E-state index in [-0.39, 0.29) is 6.09 Å². The van der Waals surface area contributed by atoms with E-state index in [9.17, 15) is 4.79 Å². The van der Waals surface area contributed by atoms with Crippen LogP contribution >= 0.6 is 12.2 Å². The molecule has 25 heavy (non-hydrogen) atoms. The lowest BCUT2D eigenvalue weighted by atomic mass is 10.1. The SMILES string of the molecule is CCOC(=O)N1CCN(Cn2nc(-c3ccccc3C)oc2=S)CC1. The Morgan fingerprint density at radius 1 is 1.28 bits per heavy atom. The van der Waals surface area contributed by atoms with Gasteiger partial charge in [0.25, 0.3) is 4.84 Å². The molecule has 7 nitrogen and oxygen atoms in total. The average Bonchev–Trinajstić information content (AvgIpc) is 2.96. The number of aromatic nitrogens is 2. The van der Waals surface area contributed by atoms with E-state index in [1.807, 2.05) is 38.1 Å². The number of rotatable bonds is 4. The van der Waals surface area contributed by atoms with Crippen molar-refractivity contribution in [2.75, 3.05) is 32.8 Å². The molecule has 8 heteroatoms. The van der Waals surface area contributed by atoms with Gasteiger partial charge in [-0.2, -0.15) is 0 Å². The molecule has 0 atom stereocenters. The number of nitrogens with zero attached hydrogens (tertiary/aromatic N) is 4. The van der Waals surface area contributed by atoms with Crippen LogP contribution in [0.3, 0.4) is 0 Å². The van der Waals surface area contributed by atoms with Gasteiger partial charge in [0.15, 0.2) is 0 Å². The van der Waals surface area contributed by atoms with E-state index < -0.39 is 0 Å². The molecule has 1 aromatic carbocycles. The lowest BCUT2D eigenvalue weighted by molar-refractivity contribution is 0.0688. The van der Waals surface area contributed by atoms with E-state index >= 15 is 0 Å². The summed E-state index contributed by atoms with van der Waals surface area (Å²) in [6.07, 6.45) is -0.248. The number of ether oxygens (including phenoxy) is 1. The molecule has 3 rings (SSSR count). The first-order valence-electron chi connectivity index (χ1n) is 8.36. The van der Waals surface area contributed by atoms with Crippen molar-refractivity contribution in [1.29, 1.82) is 0 Å². The molecule has 0 unspecified atom stereocenters. The van der Waals surface area contributed by atoms with E-state index in [1.165, 1.54) is 0 Å². The highest BCUT2D eigenvalue weighted by Crippen LogP contribution is 2.21. The van der Waals surface area contributed by atoms with Gasteiger partial charge in [-0.1, -0.05) is 18.2 Å². The normalized spacial score (nSPS) is 15.4. The number of carbonyl (C=O) groups excluding carboxylic acids is 1. The fraction of sp³-hybridized carbons (Fsp3) is 0.471. The van der Waals surface area contributed by atoms with Crippen LogP contribution in [0.4, 0.5) is 4.79 Å². The van der Waals surface area contributed by atoms with Crippen molar-refractivity contribution in [3.05, 3.63) is 34.7 Å². The van der Waals surface area contributed by atoms with E-state index in [0.717, 1.165) is 24.2 Å². The molecule has 2 heterocycles. The monoisotopic (exact) mass is 362 g/mol. The summed E-state index contributed by atoms with van der Waals surface area (Å²) in [5, 5.41) is 4.52. The second-order valence-corrected chi connectivity index (χ2v) is 6.28. The van der Waals surface area contributed by atoms with Crippen molar-refractivity contribution in [2.24, 2.45) is 0 Å². The topological polar surface area (TPSA) is 63.7 Å². The Labute approximate surface area is 151 Å². The van der Waals surface area contributed by atoms with Crippen molar-refractivity contribution in [3.63, 3.8) is 0 Å². The van der Waals surface area contributed by atoms with Crippen LogP contribution in [0.2, 0.25) is 0 Å². The summed E-state index contributed by atoms with van der Waals surface area (Å²) in [5.74, 6) is 0.535. The molecule has 1 aromatic heterocycles. The van der Waals surface area contributed by atoms with Crippen LogP contribution in [-0.4, -0.2) is 58.5 Å². The predicted molar refractivity (Wildman–Crippen MR) is 95.7 cm³/mol. The van der Waals surface area contributed by atoms with E-state index in [1.54, 1.807) is 9.58 Å². The lowest BCUT2D eigenvalue weighted by Crippen LogP contribution is -2.49. The Morgan fingerprint density at radius 2 is 2.00 bits per heavy atom. The molecule has 1 saturated heterocycles. The highest BCUT2D eigenvalue weighted by atomic mass is 32.1. The molecule has 1 aliphatic rings. The molecule has 134 valence electrons. The minimum atomic E-state index is -0.248. The molecule has 1 fully saturated rings. The minimum Gasteiger partial charge on any atom is -0.450 e.